The van der Waals surface area contributed by atoms with E-state index in [2.05, 4.69) is 26.1 Å². The number of carbonyl (C=O) groups is 2. The van der Waals surface area contributed by atoms with Crippen LogP contribution in [0.25, 0.3) is 0 Å². The Kier molecular flexibility index (Phi) is 10.3. The molecule has 0 bridgehead atoms. The molecule has 4 heteroatoms. The molecular formula is C22H43NO3. The number of carbonyl (C=O) groups excluding carboxylic acids is 2. The standard InChI is InChI=1S/C22H43NO3/c1-10-20(7,11-2)17(24)16-26-19(23-22(9,14-5)15-6)18(25)21(8,12-3)13-4/h19,23H,10-16H2,1-9H3. The lowest BCUT2D eigenvalue weighted by molar-refractivity contribution is -0.150. The van der Waals surface area contributed by atoms with Crippen LogP contribution in [0.5, 0.6) is 0 Å². The van der Waals surface area contributed by atoms with Crippen molar-refractivity contribution in [2.24, 2.45) is 10.8 Å². The monoisotopic (exact) mass is 369 g/mol. The fraction of sp³-hybridized carbons (Fsp3) is 0.909. The largest absolute Gasteiger partial charge is 0.348 e. The molecule has 0 heterocycles. The van der Waals surface area contributed by atoms with Crippen LogP contribution in [0, 0.1) is 10.8 Å². The molecule has 1 unspecified atom stereocenters. The molecule has 0 radical (unpaired) electrons. The third-order valence-corrected chi connectivity index (χ3v) is 7.05. The summed E-state index contributed by atoms with van der Waals surface area (Å²) < 4.78 is 5.95. The fourth-order valence-corrected chi connectivity index (χ4v) is 2.85. The van der Waals surface area contributed by atoms with Crippen molar-refractivity contribution in [3.8, 4) is 0 Å². The summed E-state index contributed by atoms with van der Waals surface area (Å²) in [6, 6.07) is 0. The van der Waals surface area contributed by atoms with Gasteiger partial charge in [-0.3, -0.25) is 14.9 Å². The van der Waals surface area contributed by atoms with Crippen molar-refractivity contribution < 1.29 is 14.3 Å². The molecule has 26 heavy (non-hydrogen) atoms. The van der Waals surface area contributed by atoms with Crippen LogP contribution in [0.4, 0.5) is 0 Å². The maximum absolute atomic E-state index is 13.2. The van der Waals surface area contributed by atoms with Crippen molar-refractivity contribution in [1.29, 1.82) is 0 Å². The van der Waals surface area contributed by atoms with Crippen LogP contribution in [0.2, 0.25) is 0 Å². The minimum absolute atomic E-state index is 0.0192. The van der Waals surface area contributed by atoms with Gasteiger partial charge >= 0.3 is 0 Å². The third-order valence-electron chi connectivity index (χ3n) is 7.05. The predicted molar refractivity (Wildman–Crippen MR) is 109 cm³/mol. The molecule has 0 fully saturated rings. The SMILES string of the molecule is CCC(C)(CC)NC(OCC(=O)C(C)(CC)CC)C(=O)C(C)(CC)CC. The average molecular weight is 370 g/mol. The maximum atomic E-state index is 13.2. The summed E-state index contributed by atoms with van der Waals surface area (Å²) in [5.74, 6) is 0.129. The Morgan fingerprint density at radius 3 is 1.54 bits per heavy atom. The van der Waals surface area contributed by atoms with E-state index in [0.29, 0.717) is 0 Å². The normalized spacial score (nSPS) is 14.3. The number of nitrogens with one attached hydrogen (secondary N) is 1. The highest BCUT2D eigenvalue weighted by atomic mass is 16.5. The van der Waals surface area contributed by atoms with Crippen molar-refractivity contribution in [2.45, 2.75) is 113 Å². The smallest absolute Gasteiger partial charge is 0.182 e. The van der Waals surface area contributed by atoms with Crippen LogP contribution in [-0.2, 0) is 14.3 Å². The van der Waals surface area contributed by atoms with E-state index in [0.717, 1.165) is 38.5 Å². The number of ketones is 2. The Hall–Kier alpha value is -0.740. The summed E-state index contributed by atoms with van der Waals surface area (Å²) in [6.45, 7) is 18.4. The van der Waals surface area contributed by atoms with Crippen LogP contribution in [0.3, 0.4) is 0 Å². The number of ether oxygens (including phenoxy) is 1. The van der Waals surface area contributed by atoms with Gasteiger partial charge in [0, 0.05) is 16.4 Å². The van der Waals surface area contributed by atoms with E-state index in [1.54, 1.807) is 0 Å². The maximum Gasteiger partial charge on any atom is 0.182 e. The average Bonchev–Trinajstić information content (AvgIpc) is 2.68. The van der Waals surface area contributed by atoms with Gasteiger partial charge in [-0.25, -0.2) is 0 Å². The van der Waals surface area contributed by atoms with Crippen molar-refractivity contribution in [1.82, 2.24) is 5.32 Å². The van der Waals surface area contributed by atoms with Crippen LogP contribution in [0.15, 0.2) is 0 Å². The Labute approximate surface area is 161 Å². The second-order valence-electron chi connectivity index (χ2n) is 8.43. The molecule has 1 N–H and O–H groups in total. The molecule has 0 aromatic heterocycles. The lowest BCUT2D eigenvalue weighted by Gasteiger charge is -2.37. The first-order chi connectivity index (χ1) is 12.0. The lowest BCUT2D eigenvalue weighted by atomic mass is 9.79. The van der Waals surface area contributed by atoms with E-state index < -0.39 is 11.6 Å². The van der Waals surface area contributed by atoms with Crippen molar-refractivity contribution in [3.63, 3.8) is 0 Å². The first kappa shape index (κ1) is 25.3. The summed E-state index contributed by atoms with van der Waals surface area (Å²) in [5.41, 5.74) is -1.02. The molecule has 0 spiro atoms. The van der Waals surface area contributed by atoms with E-state index in [-0.39, 0.29) is 29.1 Å². The highest BCUT2D eigenvalue weighted by Gasteiger charge is 2.39. The van der Waals surface area contributed by atoms with Gasteiger partial charge in [0.15, 0.2) is 17.8 Å². The van der Waals surface area contributed by atoms with Gasteiger partial charge in [-0.2, -0.15) is 0 Å². The van der Waals surface area contributed by atoms with Crippen LogP contribution >= 0.6 is 0 Å². The lowest BCUT2D eigenvalue weighted by Crippen LogP contribution is -2.55. The zero-order chi connectivity index (χ0) is 20.6. The summed E-state index contributed by atoms with van der Waals surface area (Å²) in [4.78, 5) is 25.9. The van der Waals surface area contributed by atoms with Crippen molar-refractivity contribution in [3.05, 3.63) is 0 Å². The second kappa shape index (κ2) is 10.6. The topological polar surface area (TPSA) is 55.4 Å². The Balaban J connectivity index is 5.47. The van der Waals surface area contributed by atoms with E-state index >= 15 is 0 Å². The number of hydrogen-bond donors (Lipinski definition) is 1. The molecular weight excluding hydrogens is 326 g/mol. The zero-order valence-corrected chi connectivity index (χ0v) is 18.8. The van der Waals surface area contributed by atoms with E-state index in [4.69, 9.17) is 4.74 Å². The minimum Gasteiger partial charge on any atom is -0.348 e. The Morgan fingerprint density at radius 1 is 0.769 bits per heavy atom. The summed E-state index contributed by atoms with van der Waals surface area (Å²) >= 11 is 0. The third kappa shape index (κ3) is 6.16. The summed E-state index contributed by atoms with van der Waals surface area (Å²) in [7, 11) is 0. The van der Waals surface area contributed by atoms with Crippen LogP contribution < -0.4 is 5.32 Å². The molecule has 4 nitrogen and oxygen atoms in total. The van der Waals surface area contributed by atoms with Gasteiger partial charge < -0.3 is 4.74 Å². The van der Waals surface area contributed by atoms with Gasteiger partial charge in [0.25, 0.3) is 0 Å². The van der Waals surface area contributed by atoms with Crippen molar-refractivity contribution in [2.75, 3.05) is 6.61 Å². The Bertz CT molecular complexity index is 446. The highest BCUT2D eigenvalue weighted by molar-refractivity contribution is 5.89. The zero-order valence-electron chi connectivity index (χ0n) is 18.8. The van der Waals surface area contributed by atoms with Crippen LogP contribution in [0.1, 0.15) is 101 Å². The van der Waals surface area contributed by atoms with Gasteiger partial charge in [0.05, 0.1) is 0 Å². The number of hydrogen-bond acceptors (Lipinski definition) is 4. The molecule has 0 aliphatic rings. The van der Waals surface area contributed by atoms with E-state index in [9.17, 15) is 9.59 Å². The molecule has 0 saturated carbocycles. The quantitative estimate of drug-likeness (QED) is 0.423. The van der Waals surface area contributed by atoms with Gasteiger partial charge in [-0.1, -0.05) is 55.4 Å². The number of rotatable bonds is 14. The molecule has 0 aliphatic heterocycles. The van der Waals surface area contributed by atoms with E-state index in [1.165, 1.54) is 0 Å². The second-order valence-corrected chi connectivity index (χ2v) is 8.43. The molecule has 0 aromatic rings. The predicted octanol–water partition coefficient (Wildman–Crippen LogP) is 5.29. The van der Waals surface area contributed by atoms with Gasteiger partial charge in [-0.05, 0) is 45.4 Å². The summed E-state index contributed by atoms with van der Waals surface area (Å²) in [5, 5.41) is 3.42. The molecule has 0 saturated heterocycles. The molecule has 1 atom stereocenters. The molecule has 0 aliphatic carbocycles. The number of Topliss-reactive ketones (excluding diaryl/α,β-unsaturated/α-hetero) is 2. The Morgan fingerprint density at radius 2 is 1.19 bits per heavy atom. The first-order valence-electron chi connectivity index (χ1n) is 10.5. The molecule has 0 amide bonds. The first-order valence-corrected chi connectivity index (χ1v) is 10.5. The van der Waals surface area contributed by atoms with Crippen molar-refractivity contribution >= 4 is 11.6 Å². The molecule has 0 rings (SSSR count). The van der Waals surface area contributed by atoms with Gasteiger partial charge in [-0.15, -0.1) is 0 Å². The highest BCUT2D eigenvalue weighted by Crippen LogP contribution is 2.30. The minimum atomic E-state index is -0.744. The fourth-order valence-electron chi connectivity index (χ4n) is 2.85. The van der Waals surface area contributed by atoms with Gasteiger partial charge in [0.2, 0.25) is 0 Å². The van der Waals surface area contributed by atoms with Crippen LogP contribution in [-0.4, -0.2) is 29.9 Å². The molecule has 0 aromatic carbocycles. The molecule has 154 valence electrons. The summed E-state index contributed by atoms with van der Waals surface area (Å²) in [6.07, 6.45) is 4.11. The van der Waals surface area contributed by atoms with Gasteiger partial charge in [0.1, 0.15) is 6.61 Å². The van der Waals surface area contributed by atoms with E-state index in [1.807, 2.05) is 41.5 Å².